The number of aliphatic carboxylic acids is 1. The van der Waals surface area contributed by atoms with Crippen molar-refractivity contribution < 1.29 is 34.5 Å². The van der Waals surface area contributed by atoms with Gasteiger partial charge in [-0.2, -0.15) is 12.6 Å². The highest BCUT2D eigenvalue weighted by Gasteiger charge is 2.32. The number of nitrogens with one attached hydrogen (secondary N) is 3. The van der Waals surface area contributed by atoms with Crippen LogP contribution in [0.4, 0.5) is 0 Å². The van der Waals surface area contributed by atoms with E-state index in [0.717, 1.165) is 0 Å². The van der Waals surface area contributed by atoms with Gasteiger partial charge in [-0.25, -0.2) is 4.79 Å². The summed E-state index contributed by atoms with van der Waals surface area (Å²) in [6, 6.07) is 1.26. The van der Waals surface area contributed by atoms with Crippen LogP contribution < -0.4 is 21.7 Å². The number of carbonyl (C=O) groups is 4. The number of hydrogen-bond acceptors (Lipinski definition) is 8. The molecule has 5 unspecified atom stereocenters. The van der Waals surface area contributed by atoms with Crippen LogP contribution >= 0.6 is 12.6 Å². The molecule has 12 heteroatoms. The lowest BCUT2D eigenvalue weighted by Crippen LogP contribution is -2.59. The van der Waals surface area contributed by atoms with Crippen LogP contribution in [0.3, 0.4) is 0 Å². The van der Waals surface area contributed by atoms with Gasteiger partial charge in [-0.1, -0.05) is 32.4 Å². The molecule has 5 atom stereocenters. The molecule has 1 aromatic carbocycles. The third kappa shape index (κ3) is 8.91. The Labute approximate surface area is 197 Å². The van der Waals surface area contributed by atoms with Gasteiger partial charge in [0.2, 0.25) is 17.7 Å². The highest BCUT2D eigenvalue weighted by atomic mass is 32.1. The monoisotopic (exact) mass is 484 g/mol. The predicted octanol–water partition coefficient (Wildman–Crippen LogP) is -1.23. The minimum atomic E-state index is -1.26. The van der Waals surface area contributed by atoms with Gasteiger partial charge in [-0.3, -0.25) is 14.4 Å². The quantitative estimate of drug-likeness (QED) is 0.160. The maximum Gasteiger partial charge on any atom is 0.327 e. The Morgan fingerprint density at radius 3 is 2.06 bits per heavy atom. The number of aromatic hydroxyl groups is 1. The Morgan fingerprint density at radius 2 is 1.58 bits per heavy atom. The zero-order chi connectivity index (χ0) is 25.1. The Kier molecular flexibility index (Phi) is 11.7. The summed E-state index contributed by atoms with van der Waals surface area (Å²) in [6.07, 6.45) is 0.514. The Balaban J connectivity index is 3.11. The summed E-state index contributed by atoms with van der Waals surface area (Å²) >= 11 is 3.92. The standard InChI is InChI=1S/C21H32N4O7S/c1-3-11(2)17(20(30)24-16(10-33)21(31)32)25-19(29)15(23-18(28)14(22)9-26)8-12-4-6-13(27)7-5-12/h4-7,11,14-17,26-27,33H,3,8-10,22H2,1-2H3,(H,23,28)(H,24,30)(H,25,29)(H,31,32). The molecule has 33 heavy (non-hydrogen) atoms. The van der Waals surface area contributed by atoms with E-state index in [2.05, 4.69) is 28.6 Å². The van der Waals surface area contributed by atoms with E-state index in [1.165, 1.54) is 12.1 Å². The summed E-state index contributed by atoms with van der Waals surface area (Å²) in [5.41, 5.74) is 6.15. The minimum Gasteiger partial charge on any atom is -0.508 e. The molecule has 0 spiro atoms. The van der Waals surface area contributed by atoms with Crippen molar-refractivity contribution in [1.82, 2.24) is 16.0 Å². The zero-order valence-electron chi connectivity index (χ0n) is 18.5. The van der Waals surface area contributed by atoms with Crippen molar-refractivity contribution >= 4 is 36.3 Å². The van der Waals surface area contributed by atoms with Gasteiger partial charge in [0, 0.05) is 12.2 Å². The van der Waals surface area contributed by atoms with Crippen LogP contribution in [0.5, 0.6) is 5.75 Å². The molecule has 184 valence electrons. The number of aliphatic hydroxyl groups is 1. The molecule has 0 aliphatic rings. The van der Waals surface area contributed by atoms with Crippen LogP contribution in [-0.4, -0.2) is 75.5 Å². The number of phenols is 1. The normalized spacial score (nSPS) is 15.4. The third-order valence-corrected chi connectivity index (χ3v) is 5.50. The van der Waals surface area contributed by atoms with Crippen LogP contribution in [0, 0.1) is 5.92 Å². The average molecular weight is 485 g/mol. The molecular formula is C21H32N4O7S. The number of nitrogens with two attached hydrogens (primary N) is 1. The van der Waals surface area contributed by atoms with Gasteiger partial charge >= 0.3 is 5.97 Å². The minimum absolute atomic E-state index is 0.0131. The van der Waals surface area contributed by atoms with Crippen molar-refractivity contribution in [1.29, 1.82) is 0 Å². The lowest BCUT2D eigenvalue weighted by Gasteiger charge is -2.28. The van der Waals surface area contributed by atoms with Gasteiger partial charge in [-0.15, -0.1) is 0 Å². The molecule has 0 radical (unpaired) electrons. The van der Waals surface area contributed by atoms with Gasteiger partial charge in [0.15, 0.2) is 0 Å². The lowest BCUT2D eigenvalue weighted by atomic mass is 9.96. The van der Waals surface area contributed by atoms with E-state index in [4.69, 9.17) is 10.8 Å². The van der Waals surface area contributed by atoms with E-state index in [9.17, 15) is 29.4 Å². The number of benzene rings is 1. The van der Waals surface area contributed by atoms with Gasteiger partial charge in [0.25, 0.3) is 0 Å². The molecular weight excluding hydrogens is 452 g/mol. The molecule has 0 saturated carbocycles. The Morgan fingerprint density at radius 1 is 1.00 bits per heavy atom. The molecule has 8 N–H and O–H groups in total. The third-order valence-electron chi connectivity index (χ3n) is 5.13. The fourth-order valence-electron chi connectivity index (χ4n) is 2.84. The largest absolute Gasteiger partial charge is 0.508 e. The van der Waals surface area contributed by atoms with Crippen LogP contribution in [0.2, 0.25) is 0 Å². The second-order valence-electron chi connectivity index (χ2n) is 7.67. The topological polar surface area (TPSA) is 191 Å². The van der Waals surface area contributed by atoms with Crippen molar-refractivity contribution in [3.63, 3.8) is 0 Å². The molecule has 11 nitrogen and oxygen atoms in total. The summed E-state index contributed by atoms with van der Waals surface area (Å²) in [7, 11) is 0. The van der Waals surface area contributed by atoms with Gasteiger partial charge < -0.3 is 37.0 Å². The first kappa shape index (κ1) is 28.2. The number of rotatable bonds is 13. The number of carboxylic acid groups (broad SMARTS) is 1. The Bertz CT molecular complexity index is 821. The first-order valence-electron chi connectivity index (χ1n) is 10.4. The highest BCUT2D eigenvalue weighted by molar-refractivity contribution is 7.80. The van der Waals surface area contributed by atoms with Crippen molar-refractivity contribution in [2.24, 2.45) is 11.7 Å². The Hall–Kier alpha value is -2.83. The number of hydrogen-bond donors (Lipinski definition) is 8. The second-order valence-corrected chi connectivity index (χ2v) is 8.04. The summed E-state index contributed by atoms with van der Waals surface area (Å²) < 4.78 is 0. The van der Waals surface area contributed by atoms with Crippen molar-refractivity contribution in [3.8, 4) is 5.75 Å². The predicted molar refractivity (Wildman–Crippen MR) is 124 cm³/mol. The summed E-state index contributed by atoms with van der Waals surface area (Å²) in [5, 5.41) is 35.2. The summed E-state index contributed by atoms with van der Waals surface area (Å²) in [4.78, 5) is 49.3. The molecule has 0 saturated heterocycles. The number of thiol groups is 1. The van der Waals surface area contributed by atoms with Crippen LogP contribution in [0.15, 0.2) is 24.3 Å². The fourth-order valence-corrected chi connectivity index (χ4v) is 3.09. The molecule has 0 fully saturated rings. The number of aliphatic hydroxyl groups excluding tert-OH is 1. The lowest BCUT2D eigenvalue weighted by molar-refractivity contribution is -0.142. The number of phenolic OH excluding ortho intramolecular Hbond substituents is 1. The van der Waals surface area contributed by atoms with Crippen LogP contribution in [0.1, 0.15) is 25.8 Å². The van der Waals surface area contributed by atoms with Crippen molar-refractivity contribution in [2.75, 3.05) is 12.4 Å². The van der Waals surface area contributed by atoms with Gasteiger partial charge in [0.1, 0.15) is 29.9 Å². The zero-order valence-corrected chi connectivity index (χ0v) is 19.4. The van der Waals surface area contributed by atoms with E-state index in [0.29, 0.717) is 12.0 Å². The smallest absolute Gasteiger partial charge is 0.327 e. The molecule has 0 aromatic heterocycles. The van der Waals surface area contributed by atoms with Crippen LogP contribution in [0.25, 0.3) is 0 Å². The molecule has 0 aliphatic carbocycles. The van der Waals surface area contributed by atoms with E-state index < -0.39 is 54.5 Å². The molecule has 3 amide bonds. The fraction of sp³-hybridized carbons (Fsp3) is 0.524. The molecule has 0 bridgehead atoms. The average Bonchev–Trinajstić information content (AvgIpc) is 2.79. The first-order chi connectivity index (χ1) is 15.5. The van der Waals surface area contributed by atoms with E-state index >= 15 is 0 Å². The van der Waals surface area contributed by atoms with E-state index in [1.54, 1.807) is 26.0 Å². The van der Waals surface area contributed by atoms with Gasteiger partial charge in [0.05, 0.1) is 6.61 Å². The maximum atomic E-state index is 13.1. The van der Waals surface area contributed by atoms with Crippen LogP contribution in [-0.2, 0) is 25.6 Å². The van der Waals surface area contributed by atoms with E-state index in [-0.39, 0.29) is 23.8 Å². The second kappa shape index (κ2) is 13.7. The van der Waals surface area contributed by atoms with Gasteiger partial charge in [-0.05, 0) is 23.6 Å². The number of carbonyl (C=O) groups excluding carboxylic acids is 3. The summed E-state index contributed by atoms with van der Waals surface area (Å²) in [5.74, 6) is -3.88. The first-order valence-corrected chi connectivity index (χ1v) is 11.1. The van der Waals surface area contributed by atoms with Crippen molar-refractivity contribution in [3.05, 3.63) is 29.8 Å². The number of amides is 3. The highest BCUT2D eigenvalue weighted by Crippen LogP contribution is 2.13. The molecule has 1 rings (SSSR count). The number of carboxylic acids is 1. The molecule has 1 aromatic rings. The van der Waals surface area contributed by atoms with Crippen molar-refractivity contribution in [2.45, 2.75) is 50.9 Å². The summed E-state index contributed by atoms with van der Waals surface area (Å²) in [6.45, 7) is 2.90. The molecule has 0 heterocycles. The SMILES string of the molecule is CCC(C)C(NC(=O)C(Cc1ccc(O)cc1)NC(=O)C(N)CO)C(=O)NC(CS)C(=O)O. The van der Waals surface area contributed by atoms with E-state index in [1.807, 2.05) is 0 Å². The molecule has 0 aliphatic heterocycles. The maximum absolute atomic E-state index is 13.1.